The number of aromatic amines is 1. The molecule has 2 heterocycles. The van der Waals surface area contributed by atoms with E-state index in [2.05, 4.69) is 20.3 Å². The Labute approximate surface area is 170 Å². The van der Waals surface area contributed by atoms with Gasteiger partial charge in [0.1, 0.15) is 5.69 Å². The molecular formula is C18H18N6O2S2. The smallest absolute Gasteiger partial charge is 0.274 e. The van der Waals surface area contributed by atoms with Crippen LogP contribution >= 0.6 is 23.6 Å². The molecule has 3 rings (SSSR count). The molecule has 0 atom stereocenters. The van der Waals surface area contributed by atoms with Crippen molar-refractivity contribution in [2.75, 3.05) is 4.90 Å². The van der Waals surface area contributed by atoms with Gasteiger partial charge in [-0.15, -0.1) is 11.3 Å². The third-order valence-corrected chi connectivity index (χ3v) is 5.11. The maximum absolute atomic E-state index is 12.4. The first-order valence-electron chi connectivity index (χ1n) is 8.34. The van der Waals surface area contributed by atoms with Crippen LogP contribution in [0.2, 0.25) is 0 Å². The Morgan fingerprint density at radius 2 is 2.00 bits per heavy atom. The Kier molecular flexibility index (Phi) is 5.61. The predicted octanol–water partition coefficient (Wildman–Crippen LogP) is 3.25. The van der Waals surface area contributed by atoms with E-state index in [0.717, 1.165) is 21.5 Å². The number of aromatic nitrogens is 4. The molecule has 0 aliphatic rings. The van der Waals surface area contributed by atoms with Crippen molar-refractivity contribution in [2.45, 2.75) is 27.7 Å². The molecule has 2 aromatic heterocycles. The summed E-state index contributed by atoms with van der Waals surface area (Å²) in [6, 6.07) is 5.85. The van der Waals surface area contributed by atoms with Crippen LogP contribution in [0.5, 0.6) is 0 Å². The maximum atomic E-state index is 12.4. The zero-order valence-corrected chi connectivity index (χ0v) is 17.4. The van der Waals surface area contributed by atoms with E-state index in [1.54, 1.807) is 17.2 Å². The van der Waals surface area contributed by atoms with Crippen molar-refractivity contribution in [3.05, 3.63) is 61.2 Å². The Hall–Kier alpha value is -2.98. The average molecular weight is 415 g/mol. The van der Waals surface area contributed by atoms with Crippen LogP contribution in [-0.2, 0) is 4.79 Å². The van der Waals surface area contributed by atoms with Crippen molar-refractivity contribution in [2.24, 2.45) is 5.10 Å². The molecule has 0 bridgehead atoms. The van der Waals surface area contributed by atoms with Crippen LogP contribution in [-0.4, -0.2) is 32.0 Å². The molecule has 10 heteroatoms. The van der Waals surface area contributed by atoms with Gasteiger partial charge in [0.2, 0.25) is 10.7 Å². The molecule has 0 radical (unpaired) electrons. The molecule has 3 aromatic rings. The lowest BCUT2D eigenvalue weighted by atomic mass is 10.1. The summed E-state index contributed by atoms with van der Waals surface area (Å²) in [6.45, 7) is 6.97. The summed E-state index contributed by atoms with van der Waals surface area (Å²) in [6.07, 6.45) is 1.42. The molecule has 1 N–H and O–H groups in total. The number of thiazole rings is 1. The lowest BCUT2D eigenvalue weighted by Gasteiger charge is -2.22. The summed E-state index contributed by atoms with van der Waals surface area (Å²) >= 11 is 6.36. The number of nitrogens with zero attached hydrogens (tertiary/aromatic N) is 5. The van der Waals surface area contributed by atoms with Crippen molar-refractivity contribution < 1.29 is 4.79 Å². The molecular weight excluding hydrogens is 396 g/mol. The number of amides is 1. The summed E-state index contributed by atoms with van der Waals surface area (Å²) in [5.41, 5.74) is 3.12. The van der Waals surface area contributed by atoms with E-state index < -0.39 is 5.56 Å². The van der Waals surface area contributed by atoms with Gasteiger partial charge in [0.25, 0.3) is 5.56 Å². The highest BCUT2D eigenvalue weighted by atomic mass is 32.1. The number of anilines is 2. The van der Waals surface area contributed by atoms with Crippen LogP contribution in [0.1, 0.15) is 29.4 Å². The van der Waals surface area contributed by atoms with E-state index in [4.69, 9.17) is 12.2 Å². The monoisotopic (exact) mass is 414 g/mol. The number of hydrogen-bond acceptors (Lipinski definition) is 7. The quantitative estimate of drug-likeness (QED) is 0.522. The highest BCUT2D eigenvalue weighted by molar-refractivity contribution is 7.71. The van der Waals surface area contributed by atoms with Gasteiger partial charge in [0, 0.05) is 12.3 Å². The fraction of sp³-hybridized carbons (Fsp3) is 0.222. The number of carbonyl (C=O) groups is 1. The van der Waals surface area contributed by atoms with Crippen molar-refractivity contribution in [1.82, 2.24) is 19.9 Å². The standard InChI is InChI=1S/C18H18N6O2S2/c1-10-6-5-7-11(2)15(10)23(13(4)25)18-20-14(9-28-18)8-19-24-16(26)12(3)21-22-17(24)27/h5-9H,1-4H3,(H,22,27)/b19-8-. The lowest BCUT2D eigenvalue weighted by Crippen LogP contribution is -2.24. The van der Waals surface area contributed by atoms with Gasteiger partial charge in [-0.2, -0.15) is 14.9 Å². The second kappa shape index (κ2) is 7.95. The van der Waals surface area contributed by atoms with E-state index in [-0.39, 0.29) is 16.4 Å². The molecule has 0 aliphatic heterocycles. The zero-order valence-electron chi connectivity index (χ0n) is 15.8. The SMILES string of the molecule is CC(=O)N(c1nc(/C=N\n2c(=S)[nH]nc(C)c2=O)cs1)c1c(C)cccc1C. The summed E-state index contributed by atoms with van der Waals surface area (Å²) in [4.78, 5) is 30.5. The highest BCUT2D eigenvalue weighted by Crippen LogP contribution is 2.33. The molecule has 0 unspecified atom stereocenters. The van der Waals surface area contributed by atoms with Gasteiger partial charge < -0.3 is 0 Å². The zero-order chi connectivity index (χ0) is 20.4. The molecule has 0 saturated heterocycles. The van der Waals surface area contributed by atoms with Crippen molar-refractivity contribution in [1.29, 1.82) is 0 Å². The Morgan fingerprint density at radius 1 is 1.32 bits per heavy atom. The van der Waals surface area contributed by atoms with Crippen LogP contribution < -0.4 is 10.5 Å². The van der Waals surface area contributed by atoms with Crippen molar-refractivity contribution in [3.63, 3.8) is 0 Å². The molecule has 0 spiro atoms. The van der Waals surface area contributed by atoms with E-state index in [1.807, 2.05) is 32.0 Å². The second-order valence-corrected chi connectivity index (χ2v) is 7.35. The van der Waals surface area contributed by atoms with E-state index in [1.165, 1.54) is 24.5 Å². The summed E-state index contributed by atoms with van der Waals surface area (Å²) < 4.78 is 1.13. The molecule has 28 heavy (non-hydrogen) atoms. The molecule has 1 aromatic carbocycles. The van der Waals surface area contributed by atoms with Gasteiger partial charge in [-0.25, -0.2) is 4.98 Å². The van der Waals surface area contributed by atoms with Gasteiger partial charge in [-0.1, -0.05) is 18.2 Å². The molecule has 1 amide bonds. The van der Waals surface area contributed by atoms with Gasteiger partial charge >= 0.3 is 0 Å². The summed E-state index contributed by atoms with van der Waals surface area (Å²) in [5, 5.41) is 12.7. The van der Waals surface area contributed by atoms with Crippen LogP contribution in [0, 0.1) is 25.5 Å². The number of rotatable bonds is 4. The molecule has 144 valence electrons. The van der Waals surface area contributed by atoms with Gasteiger partial charge in [0.05, 0.1) is 17.6 Å². The Balaban J connectivity index is 1.99. The molecule has 0 saturated carbocycles. The number of aryl methyl sites for hydroxylation is 3. The molecule has 0 fully saturated rings. The lowest BCUT2D eigenvalue weighted by molar-refractivity contribution is -0.115. The third kappa shape index (κ3) is 3.82. The minimum Gasteiger partial charge on any atom is -0.274 e. The average Bonchev–Trinajstić information content (AvgIpc) is 3.09. The molecule has 8 nitrogen and oxygen atoms in total. The fourth-order valence-electron chi connectivity index (χ4n) is 2.68. The largest absolute Gasteiger partial charge is 0.296 e. The van der Waals surface area contributed by atoms with Crippen LogP contribution in [0.25, 0.3) is 0 Å². The highest BCUT2D eigenvalue weighted by Gasteiger charge is 2.21. The van der Waals surface area contributed by atoms with Gasteiger partial charge in [0.15, 0.2) is 5.13 Å². The van der Waals surface area contributed by atoms with Gasteiger partial charge in [-0.05, 0) is 44.1 Å². The van der Waals surface area contributed by atoms with E-state index in [9.17, 15) is 9.59 Å². The Bertz CT molecular complexity index is 1170. The predicted molar refractivity (Wildman–Crippen MR) is 112 cm³/mol. The Morgan fingerprint density at radius 3 is 2.64 bits per heavy atom. The van der Waals surface area contributed by atoms with Gasteiger partial charge in [-0.3, -0.25) is 19.6 Å². The normalized spacial score (nSPS) is 11.1. The van der Waals surface area contributed by atoms with Crippen LogP contribution in [0.4, 0.5) is 10.8 Å². The van der Waals surface area contributed by atoms with E-state index in [0.29, 0.717) is 10.8 Å². The number of para-hydroxylation sites is 1. The third-order valence-electron chi connectivity index (χ3n) is 4.00. The van der Waals surface area contributed by atoms with Crippen LogP contribution in [0.3, 0.4) is 0 Å². The number of H-pyrrole nitrogens is 1. The van der Waals surface area contributed by atoms with E-state index >= 15 is 0 Å². The topological polar surface area (TPSA) is 96.2 Å². The minimum absolute atomic E-state index is 0.0863. The number of hydrogen-bond donors (Lipinski definition) is 1. The first kappa shape index (κ1) is 19.8. The second-order valence-electron chi connectivity index (χ2n) is 6.13. The first-order chi connectivity index (χ1) is 13.3. The maximum Gasteiger partial charge on any atom is 0.296 e. The van der Waals surface area contributed by atoms with Crippen molar-refractivity contribution >= 4 is 46.5 Å². The summed E-state index contributed by atoms with van der Waals surface area (Å²) in [7, 11) is 0. The number of carbonyl (C=O) groups excluding carboxylic acids is 1. The molecule has 0 aliphatic carbocycles. The first-order valence-corrected chi connectivity index (χ1v) is 9.63. The van der Waals surface area contributed by atoms with Crippen LogP contribution in [0.15, 0.2) is 33.5 Å². The number of nitrogens with one attached hydrogen (secondary N) is 1. The number of benzene rings is 1. The van der Waals surface area contributed by atoms with Crippen molar-refractivity contribution in [3.8, 4) is 0 Å². The summed E-state index contributed by atoms with van der Waals surface area (Å²) in [5.74, 6) is -0.140. The minimum atomic E-state index is -0.406. The fourth-order valence-corrected chi connectivity index (χ4v) is 3.68.